The molecule has 3 N–H and O–H groups in total. The number of thiocarbonyl (C=S) groups is 1. The Bertz CT molecular complexity index is 661. The fourth-order valence-corrected chi connectivity index (χ4v) is 3.34. The highest BCUT2D eigenvalue weighted by atomic mass is 32.1. The fourth-order valence-electron chi connectivity index (χ4n) is 2.16. The van der Waals surface area contributed by atoms with E-state index in [1.807, 2.05) is 19.9 Å². The first-order valence-corrected chi connectivity index (χ1v) is 7.66. The van der Waals surface area contributed by atoms with Gasteiger partial charge in [0.15, 0.2) is 5.13 Å². The first-order valence-electron chi connectivity index (χ1n) is 6.43. The molecule has 20 heavy (non-hydrogen) atoms. The molecule has 0 radical (unpaired) electrons. The van der Waals surface area contributed by atoms with Gasteiger partial charge in [0, 0.05) is 16.3 Å². The minimum Gasteiger partial charge on any atom is -0.389 e. The molecule has 0 aliphatic carbocycles. The first kappa shape index (κ1) is 14.9. The molecule has 4 nitrogen and oxygen atoms in total. The summed E-state index contributed by atoms with van der Waals surface area (Å²) in [4.78, 5) is 10.6. The summed E-state index contributed by atoms with van der Waals surface area (Å²) in [6.45, 7) is 8.05. The van der Waals surface area contributed by atoms with Gasteiger partial charge < -0.3 is 11.1 Å². The van der Waals surface area contributed by atoms with Crippen LogP contribution in [0.4, 0.5) is 10.8 Å². The molecule has 0 fully saturated rings. The molecule has 2 aromatic rings. The maximum atomic E-state index is 5.81. The van der Waals surface area contributed by atoms with Crippen molar-refractivity contribution in [3.05, 3.63) is 33.6 Å². The van der Waals surface area contributed by atoms with Gasteiger partial charge in [-0.05, 0) is 33.3 Å². The predicted molar refractivity (Wildman–Crippen MR) is 89.1 cm³/mol. The van der Waals surface area contributed by atoms with Crippen molar-refractivity contribution in [2.75, 3.05) is 5.32 Å². The molecule has 6 heteroatoms. The van der Waals surface area contributed by atoms with E-state index in [2.05, 4.69) is 29.1 Å². The van der Waals surface area contributed by atoms with E-state index in [4.69, 9.17) is 18.0 Å². The lowest BCUT2D eigenvalue weighted by atomic mass is 10.1. The van der Waals surface area contributed by atoms with E-state index < -0.39 is 0 Å². The largest absolute Gasteiger partial charge is 0.389 e. The van der Waals surface area contributed by atoms with Crippen LogP contribution in [0, 0.1) is 20.8 Å². The van der Waals surface area contributed by atoms with Crippen LogP contribution in [0.5, 0.6) is 0 Å². The van der Waals surface area contributed by atoms with Crippen LogP contribution in [0.25, 0.3) is 0 Å². The number of nitrogens with one attached hydrogen (secondary N) is 1. The van der Waals surface area contributed by atoms with Crippen LogP contribution >= 0.6 is 23.6 Å². The molecular weight excluding hydrogens is 288 g/mol. The molecule has 0 aliphatic rings. The molecule has 0 bridgehead atoms. The molecule has 0 aliphatic heterocycles. The molecule has 0 atom stereocenters. The summed E-state index contributed by atoms with van der Waals surface area (Å²) in [5.41, 5.74) is 10.4. The van der Waals surface area contributed by atoms with Crippen molar-refractivity contribution >= 4 is 39.4 Å². The summed E-state index contributed by atoms with van der Waals surface area (Å²) < 4.78 is 0. The molecule has 0 aromatic carbocycles. The van der Waals surface area contributed by atoms with Gasteiger partial charge in [0.05, 0.1) is 16.9 Å². The monoisotopic (exact) mass is 306 g/mol. The number of aromatic nitrogens is 2. The van der Waals surface area contributed by atoms with Gasteiger partial charge in [0.2, 0.25) is 0 Å². The Morgan fingerprint density at radius 3 is 2.60 bits per heavy atom. The number of nitrogens with zero attached hydrogens (tertiary/aromatic N) is 2. The average Bonchev–Trinajstić information content (AvgIpc) is 2.67. The van der Waals surface area contributed by atoms with Crippen molar-refractivity contribution in [3.8, 4) is 0 Å². The van der Waals surface area contributed by atoms with Gasteiger partial charge in [-0.1, -0.05) is 19.1 Å². The van der Waals surface area contributed by atoms with Gasteiger partial charge in [-0.3, -0.25) is 4.98 Å². The number of rotatable bonds is 4. The fraction of sp³-hybridized carbons (Fsp3) is 0.357. The Balaban J connectivity index is 2.44. The van der Waals surface area contributed by atoms with Gasteiger partial charge in [-0.2, -0.15) is 0 Å². The number of pyridine rings is 1. The van der Waals surface area contributed by atoms with Crippen LogP contribution in [0.1, 0.15) is 34.4 Å². The predicted octanol–water partition coefficient (Wildman–Crippen LogP) is 3.40. The molecule has 0 amide bonds. The highest BCUT2D eigenvalue weighted by molar-refractivity contribution is 7.80. The first-order chi connectivity index (χ1) is 9.42. The van der Waals surface area contributed by atoms with Gasteiger partial charge in [-0.25, -0.2) is 4.98 Å². The zero-order valence-electron chi connectivity index (χ0n) is 12.1. The molecule has 2 rings (SSSR count). The second-order valence-corrected chi connectivity index (χ2v) is 6.28. The zero-order chi connectivity index (χ0) is 14.9. The van der Waals surface area contributed by atoms with Crippen LogP contribution in [-0.2, 0) is 6.42 Å². The SMILES string of the molecule is CCc1nc(Nc2cc(C)nc(C)c2C(N)=S)sc1C. The quantitative estimate of drug-likeness (QED) is 0.848. The number of thiazole rings is 1. The molecular formula is C14H18N4S2. The summed E-state index contributed by atoms with van der Waals surface area (Å²) in [7, 11) is 0. The number of hydrogen-bond acceptors (Lipinski definition) is 5. The number of nitrogens with two attached hydrogens (primary N) is 1. The molecule has 0 spiro atoms. The lowest BCUT2D eigenvalue weighted by molar-refractivity contribution is 1.04. The van der Waals surface area contributed by atoms with E-state index in [0.29, 0.717) is 4.99 Å². The molecule has 2 aromatic heterocycles. The van der Waals surface area contributed by atoms with Gasteiger partial charge >= 0.3 is 0 Å². The van der Waals surface area contributed by atoms with E-state index in [-0.39, 0.29) is 0 Å². The van der Waals surface area contributed by atoms with E-state index >= 15 is 0 Å². The normalized spacial score (nSPS) is 10.6. The lowest BCUT2D eigenvalue weighted by Crippen LogP contribution is -2.15. The highest BCUT2D eigenvalue weighted by Crippen LogP contribution is 2.28. The second kappa shape index (κ2) is 5.85. The minimum absolute atomic E-state index is 0.349. The van der Waals surface area contributed by atoms with Crippen LogP contribution in [0.15, 0.2) is 6.07 Å². The topological polar surface area (TPSA) is 63.8 Å². The Morgan fingerprint density at radius 2 is 2.05 bits per heavy atom. The van der Waals surface area contributed by atoms with E-state index in [1.165, 1.54) is 4.88 Å². The van der Waals surface area contributed by atoms with Crippen molar-refractivity contribution in [3.63, 3.8) is 0 Å². The molecule has 0 unspecified atom stereocenters. The zero-order valence-corrected chi connectivity index (χ0v) is 13.7. The number of aryl methyl sites for hydroxylation is 4. The lowest BCUT2D eigenvalue weighted by Gasteiger charge is -2.12. The van der Waals surface area contributed by atoms with E-state index in [9.17, 15) is 0 Å². The number of anilines is 2. The maximum Gasteiger partial charge on any atom is 0.187 e. The summed E-state index contributed by atoms with van der Waals surface area (Å²) in [6, 6.07) is 1.95. The van der Waals surface area contributed by atoms with Crippen molar-refractivity contribution in [1.29, 1.82) is 0 Å². The third-order valence-electron chi connectivity index (χ3n) is 3.04. The molecule has 0 saturated carbocycles. The van der Waals surface area contributed by atoms with Crippen LogP contribution in [0.3, 0.4) is 0 Å². The maximum absolute atomic E-state index is 5.81. The van der Waals surface area contributed by atoms with Gasteiger partial charge in [0.1, 0.15) is 4.99 Å². The molecule has 0 saturated heterocycles. The van der Waals surface area contributed by atoms with Crippen molar-refractivity contribution < 1.29 is 0 Å². The Labute approximate surface area is 128 Å². The van der Waals surface area contributed by atoms with Crippen LogP contribution in [-0.4, -0.2) is 15.0 Å². The summed E-state index contributed by atoms with van der Waals surface area (Å²) in [6.07, 6.45) is 0.931. The third-order valence-corrected chi connectivity index (χ3v) is 4.18. The summed E-state index contributed by atoms with van der Waals surface area (Å²) >= 11 is 6.77. The van der Waals surface area contributed by atoms with Crippen LogP contribution < -0.4 is 11.1 Å². The highest BCUT2D eigenvalue weighted by Gasteiger charge is 2.13. The van der Waals surface area contributed by atoms with Crippen LogP contribution in [0.2, 0.25) is 0 Å². The number of hydrogen-bond donors (Lipinski definition) is 2. The molecule has 2 heterocycles. The third kappa shape index (κ3) is 2.96. The van der Waals surface area contributed by atoms with E-state index in [0.717, 1.165) is 39.9 Å². The van der Waals surface area contributed by atoms with Crippen molar-refractivity contribution in [1.82, 2.24) is 9.97 Å². The molecule has 106 valence electrons. The van der Waals surface area contributed by atoms with Crippen molar-refractivity contribution in [2.24, 2.45) is 5.73 Å². The summed E-state index contributed by atoms with van der Waals surface area (Å²) in [5.74, 6) is 0. The standard InChI is InChI=1S/C14H18N4S2/c1-5-10-9(4)20-14(17-10)18-11-6-7(2)16-8(3)12(11)13(15)19/h6H,5H2,1-4H3,(H2,15,19)(H,16,17,18). The Hall–Kier alpha value is -1.53. The van der Waals surface area contributed by atoms with Gasteiger partial charge in [-0.15, -0.1) is 11.3 Å². The van der Waals surface area contributed by atoms with Crippen molar-refractivity contribution in [2.45, 2.75) is 34.1 Å². The smallest absolute Gasteiger partial charge is 0.187 e. The minimum atomic E-state index is 0.349. The van der Waals surface area contributed by atoms with E-state index in [1.54, 1.807) is 11.3 Å². The Morgan fingerprint density at radius 1 is 1.35 bits per heavy atom. The average molecular weight is 306 g/mol. The Kier molecular flexibility index (Phi) is 4.35. The second-order valence-electron chi connectivity index (χ2n) is 4.64. The van der Waals surface area contributed by atoms with Gasteiger partial charge in [0.25, 0.3) is 0 Å². The summed E-state index contributed by atoms with van der Waals surface area (Å²) in [5, 5.41) is 4.19.